The number of rotatable bonds is 2. The molecule has 1 amide bonds. The second-order valence-electron chi connectivity index (χ2n) is 5.64. The summed E-state index contributed by atoms with van der Waals surface area (Å²) in [5, 5.41) is 1.98. The van der Waals surface area contributed by atoms with Crippen LogP contribution in [0.3, 0.4) is 0 Å². The topological polar surface area (TPSA) is 33.2 Å². The van der Waals surface area contributed by atoms with Gasteiger partial charge in [0.2, 0.25) is 0 Å². The van der Waals surface area contributed by atoms with Crippen LogP contribution in [0.15, 0.2) is 36.4 Å². The van der Waals surface area contributed by atoms with Crippen molar-refractivity contribution < 1.29 is 4.79 Å². The summed E-state index contributed by atoms with van der Waals surface area (Å²) in [6.45, 7) is 4.89. The molecule has 0 radical (unpaired) electrons. The summed E-state index contributed by atoms with van der Waals surface area (Å²) in [7, 11) is 0. The van der Waals surface area contributed by atoms with Crippen LogP contribution in [0.2, 0.25) is 0 Å². The highest BCUT2D eigenvalue weighted by Gasteiger charge is 2.31. The molecule has 21 heavy (non-hydrogen) atoms. The lowest BCUT2D eigenvalue weighted by atomic mass is 10.0. The fourth-order valence-electron chi connectivity index (χ4n) is 3.23. The monoisotopic (exact) mass is 276 g/mol. The average molecular weight is 276 g/mol. The van der Waals surface area contributed by atoms with Crippen molar-refractivity contribution in [3.8, 4) is 0 Å². The van der Waals surface area contributed by atoms with Gasteiger partial charge in [0.05, 0.1) is 22.3 Å². The molecule has 0 spiro atoms. The van der Waals surface area contributed by atoms with Crippen LogP contribution >= 0.6 is 0 Å². The minimum Gasteiger partial charge on any atom is -0.308 e. The van der Waals surface area contributed by atoms with E-state index >= 15 is 0 Å². The van der Waals surface area contributed by atoms with Gasteiger partial charge in [0, 0.05) is 17.3 Å². The zero-order valence-electron chi connectivity index (χ0n) is 12.2. The number of pyridine rings is 1. The number of carbonyl (C=O) groups excluding carboxylic acids is 1. The Hall–Kier alpha value is -2.42. The van der Waals surface area contributed by atoms with Gasteiger partial charge < -0.3 is 4.90 Å². The van der Waals surface area contributed by atoms with Crippen molar-refractivity contribution in [1.82, 2.24) is 4.98 Å². The number of benzene rings is 2. The predicted molar refractivity (Wildman–Crippen MR) is 86.0 cm³/mol. The number of nitrogens with zero attached hydrogens (tertiary/aromatic N) is 2. The zero-order chi connectivity index (χ0) is 14.6. The van der Waals surface area contributed by atoms with E-state index in [4.69, 9.17) is 4.98 Å². The van der Waals surface area contributed by atoms with Gasteiger partial charge in [-0.15, -0.1) is 0 Å². The minimum atomic E-state index is 0.112. The number of anilines is 1. The van der Waals surface area contributed by atoms with E-state index < -0.39 is 0 Å². The molecule has 4 rings (SSSR count). The average Bonchev–Trinajstić information content (AvgIpc) is 2.76. The molecule has 1 aliphatic heterocycles. The van der Waals surface area contributed by atoms with E-state index in [2.05, 4.69) is 13.0 Å². The highest BCUT2D eigenvalue weighted by molar-refractivity contribution is 6.30. The van der Waals surface area contributed by atoms with E-state index in [1.165, 1.54) is 0 Å². The highest BCUT2D eigenvalue weighted by Crippen LogP contribution is 2.40. The van der Waals surface area contributed by atoms with Crippen LogP contribution in [0, 0.1) is 6.92 Å². The molecule has 0 fully saturated rings. The lowest BCUT2D eigenvalue weighted by Crippen LogP contribution is -2.27. The van der Waals surface area contributed by atoms with Gasteiger partial charge in [0.25, 0.3) is 5.91 Å². The van der Waals surface area contributed by atoms with Crippen molar-refractivity contribution in [3.05, 3.63) is 47.5 Å². The van der Waals surface area contributed by atoms with Crippen molar-refractivity contribution in [1.29, 1.82) is 0 Å². The summed E-state index contributed by atoms with van der Waals surface area (Å²) in [6, 6.07) is 12.1. The third-order valence-electron chi connectivity index (χ3n) is 4.13. The normalized spacial score (nSPS) is 13.6. The van der Waals surface area contributed by atoms with Crippen LogP contribution < -0.4 is 4.90 Å². The van der Waals surface area contributed by atoms with E-state index in [1.54, 1.807) is 0 Å². The fourth-order valence-corrected chi connectivity index (χ4v) is 3.23. The number of aryl methyl sites for hydroxylation is 1. The molecule has 3 aromatic rings. The van der Waals surface area contributed by atoms with E-state index in [1.807, 2.05) is 42.2 Å². The first-order chi connectivity index (χ1) is 10.2. The van der Waals surface area contributed by atoms with E-state index in [0.29, 0.717) is 0 Å². The van der Waals surface area contributed by atoms with Gasteiger partial charge in [0.15, 0.2) is 0 Å². The van der Waals surface area contributed by atoms with Crippen LogP contribution in [0.4, 0.5) is 5.69 Å². The second-order valence-corrected chi connectivity index (χ2v) is 5.64. The van der Waals surface area contributed by atoms with E-state index in [9.17, 15) is 4.79 Å². The molecule has 104 valence electrons. The molecule has 0 bridgehead atoms. The maximum atomic E-state index is 12.9. The Labute approximate surface area is 123 Å². The van der Waals surface area contributed by atoms with Crippen molar-refractivity contribution in [3.63, 3.8) is 0 Å². The first kappa shape index (κ1) is 12.3. The molecular weight excluding hydrogens is 260 g/mol. The molecule has 0 saturated heterocycles. The Morgan fingerprint density at radius 3 is 2.81 bits per heavy atom. The SMILES string of the molecule is CCCN1C(=O)c2c3cc(C)ccc3nc3cccc1c23. The fraction of sp³-hybridized carbons (Fsp3) is 0.222. The maximum Gasteiger partial charge on any atom is 0.259 e. The number of fused-ring (bicyclic) bond motifs is 2. The molecule has 3 nitrogen and oxygen atoms in total. The lowest BCUT2D eigenvalue weighted by Gasteiger charge is -2.16. The molecule has 1 aromatic heterocycles. The summed E-state index contributed by atoms with van der Waals surface area (Å²) in [5.41, 5.74) is 4.78. The van der Waals surface area contributed by atoms with Crippen LogP contribution in [0.5, 0.6) is 0 Å². The van der Waals surface area contributed by atoms with Gasteiger partial charge in [-0.2, -0.15) is 0 Å². The van der Waals surface area contributed by atoms with Gasteiger partial charge in [-0.1, -0.05) is 24.6 Å². The zero-order valence-corrected chi connectivity index (χ0v) is 12.2. The lowest BCUT2D eigenvalue weighted by molar-refractivity contribution is 0.0994. The Morgan fingerprint density at radius 2 is 2.00 bits per heavy atom. The minimum absolute atomic E-state index is 0.112. The Morgan fingerprint density at radius 1 is 1.14 bits per heavy atom. The molecule has 0 saturated carbocycles. The molecule has 0 unspecified atom stereocenters. The van der Waals surface area contributed by atoms with E-state index in [-0.39, 0.29) is 5.91 Å². The van der Waals surface area contributed by atoms with Crippen LogP contribution in [-0.4, -0.2) is 17.4 Å². The Balaban J connectivity index is 2.16. The third kappa shape index (κ3) is 1.60. The quantitative estimate of drug-likeness (QED) is 0.661. The third-order valence-corrected chi connectivity index (χ3v) is 4.13. The molecular formula is C18H16N2O. The van der Waals surface area contributed by atoms with Gasteiger partial charge in [-0.05, 0) is 37.6 Å². The number of aromatic nitrogens is 1. The highest BCUT2D eigenvalue weighted by atomic mass is 16.2. The van der Waals surface area contributed by atoms with Crippen molar-refractivity contribution in [2.75, 3.05) is 11.4 Å². The van der Waals surface area contributed by atoms with Crippen LogP contribution in [0.1, 0.15) is 29.3 Å². The molecule has 3 heteroatoms. The summed E-state index contributed by atoms with van der Waals surface area (Å²) in [4.78, 5) is 19.5. The smallest absolute Gasteiger partial charge is 0.259 e. The summed E-state index contributed by atoms with van der Waals surface area (Å²) >= 11 is 0. The standard InChI is InChI=1S/C18H16N2O/c1-3-9-20-15-6-4-5-14-17(15)16(18(20)21)12-10-11(2)7-8-13(12)19-14/h4-8,10H,3,9H2,1-2H3. The van der Waals surface area contributed by atoms with Crippen molar-refractivity contribution in [2.45, 2.75) is 20.3 Å². The summed E-state index contributed by atoms with van der Waals surface area (Å²) in [5.74, 6) is 0.112. The molecule has 2 heterocycles. The number of carbonyl (C=O) groups is 1. The Kier molecular flexibility index (Phi) is 2.52. The molecule has 0 N–H and O–H groups in total. The van der Waals surface area contributed by atoms with Gasteiger partial charge in [-0.3, -0.25) is 4.79 Å². The van der Waals surface area contributed by atoms with Crippen LogP contribution in [-0.2, 0) is 0 Å². The van der Waals surface area contributed by atoms with Gasteiger partial charge in [0.1, 0.15) is 0 Å². The van der Waals surface area contributed by atoms with Crippen LogP contribution in [0.25, 0.3) is 21.8 Å². The molecule has 0 atom stereocenters. The number of amides is 1. The molecule has 2 aromatic carbocycles. The second kappa shape index (κ2) is 4.29. The largest absolute Gasteiger partial charge is 0.308 e. The number of hydrogen-bond donors (Lipinski definition) is 0. The number of hydrogen-bond acceptors (Lipinski definition) is 2. The summed E-state index contributed by atoms with van der Waals surface area (Å²) < 4.78 is 0. The summed E-state index contributed by atoms with van der Waals surface area (Å²) in [6.07, 6.45) is 0.945. The predicted octanol–water partition coefficient (Wildman–Crippen LogP) is 4.07. The molecule has 1 aliphatic rings. The van der Waals surface area contributed by atoms with Gasteiger partial charge >= 0.3 is 0 Å². The molecule has 0 aliphatic carbocycles. The van der Waals surface area contributed by atoms with E-state index in [0.717, 1.165) is 51.6 Å². The maximum absolute atomic E-state index is 12.9. The first-order valence-corrected chi connectivity index (χ1v) is 7.35. The Bertz CT molecular complexity index is 898. The first-order valence-electron chi connectivity index (χ1n) is 7.35. The van der Waals surface area contributed by atoms with Crippen molar-refractivity contribution >= 4 is 33.4 Å². The van der Waals surface area contributed by atoms with Gasteiger partial charge in [-0.25, -0.2) is 4.98 Å². The van der Waals surface area contributed by atoms with Crippen molar-refractivity contribution in [2.24, 2.45) is 0 Å².